The van der Waals surface area contributed by atoms with Crippen molar-refractivity contribution < 1.29 is 9.15 Å². The van der Waals surface area contributed by atoms with Gasteiger partial charge in [0.25, 0.3) is 0 Å². The minimum atomic E-state index is -0.370. The Balaban J connectivity index is 1.81. The summed E-state index contributed by atoms with van der Waals surface area (Å²) in [5, 5.41) is 5.77. The largest absolute Gasteiger partial charge is 0.438 e. The molecule has 7 heteroatoms. The van der Waals surface area contributed by atoms with E-state index >= 15 is 0 Å². The summed E-state index contributed by atoms with van der Waals surface area (Å²) in [4.78, 5) is 20.2. The summed E-state index contributed by atoms with van der Waals surface area (Å²) in [5.41, 5.74) is 1.75. The van der Waals surface area contributed by atoms with Gasteiger partial charge in [-0.25, -0.2) is 14.8 Å². The average molecular weight is 336 g/mol. The molecule has 3 aromatic heterocycles. The van der Waals surface area contributed by atoms with Crippen molar-refractivity contribution >= 4 is 22.0 Å². The Morgan fingerprint density at radius 1 is 1.16 bits per heavy atom. The Labute approximate surface area is 142 Å². The van der Waals surface area contributed by atoms with Crippen molar-refractivity contribution in [1.82, 2.24) is 19.7 Å². The number of nitrogens with zero attached hydrogens (tertiary/aromatic N) is 4. The predicted molar refractivity (Wildman–Crippen MR) is 93.0 cm³/mol. The van der Waals surface area contributed by atoms with Crippen LogP contribution in [-0.4, -0.2) is 19.7 Å². The summed E-state index contributed by atoms with van der Waals surface area (Å²) in [6, 6.07) is 6.97. The lowest BCUT2D eigenvalue weighted by Gasteiger charge is -2.10. The van der Waals surface area contributed by atoms with Crippen LogP contribution in [0.25, 0.3) is 22.0 Å². The van der Waals surface area contributed by atoms with Crippen LogP contribution >= 0.6 is 0 Å². The van der Waals surface area contributed by atoms with E-state index in [4.69, 9.17) is 9.15 Å². The summed E-state index contributed by atoms with van der Waals surface area (Å²) >= 11 is 0. The molecular weight excluding hydrogens is 320 g/mol. The number of benzene rings is 1. The van der Waals surface area contributed by atoms with Gasteiger partial charge in [-0.05, 0) is 23.6 Å². The van der Waals surface area contributed by atoms with E-state index in [0.717, 1.165) is 10.9 Å². The molecule has 126 valence electrons. The van der Waals surface area contributed by atoms with Gasteiger partial charge < -0.3 is 9.15 Å². The zero-order valence-electron chi connectivity index (χ0n) is 14.1. The monoisotopic (exact) mass is 336 g/mol. The fourth-order valence-electron chi connectivity index (χ4n) is 2.84. The van der Waals surface area contributed by atoms with Crippen LogP contribution in [0.4, 0.5) is 0 Å². The van der Waals surface area contributed by atoms with Gasteiger partial charge in [0.15, 0.2) is 5.65 Å². The van der Waals surface area contributed by atoms with E-state index in [1.165, 1.54) is 12.4 Å². The van der Waals surface area contributed by atoms with Crippen molar-refractivity contribution in [2.75, 3.05) is 0 Å². The van der Waals surface area contributed by atoms with Crippen LogP contribution in [0.15, 0.2) is 46.0 Å². The minimum Gasteiger partial charge on any atom is -0.438 e. The van der Waals surface area contributed by atoms with Gasteiger partial charge in [0.2, 0.25) is 5.88 Å². The molecule has 0 radical (unpaired) electrons. The van der Waals surface area contributed by atoms with Gasteiger partial charge in [0.1, 0.15) is 23.0 Å². The Hall–Kier alpha value is -3.22. The lowest BCUT2D eigenvalue weighted by Crippen LogP contribution is -2.02. The van der Waals surface area contributed by atoms with Crippen LogP contribution in [0.5, 0.6) is 11.6 Å². The highest BCUT2D eigenvalue weighted by Crippen LogP contribution is 2.30. The molecule has 3 heterocycles. The highest BCUT2D eigenvalue weighted by atomic mass is 16.5. The molecule has 0 spiro atoms. The zero-order valence-corrected chi connectivity index (χ0v) is 14.1. The number of aryl methyl sites for hydroxylation is 1. The van der Waals surface area contributed by atoms with Gasteiger partial charge in [-0.1, -0.05) is 13.8 Å². The maximum atomic E-state index is 11.8. The summed E-state index contributed by atoms with van der Waals surface area (Å²) in [6.07, 6.45) is 3.08. The second-order valence-corrected chi connectivity index (χ2v) is 6.12. The summed E-state index contributed by atoms with van der Waals surface area (Å²) in [7, 11) is 1.80. The third-order valence-corrected chi connectivity index (χ3v) is 4.08. The predicted octanol–water partition coefficient (Wildman–Crippen LogP) is 3.39. The molecule has 0 aliphatic carbocycles. The number of rotatable bonds is 3. The quantitative estimate of drug-likeness (QED) is 0.533. The highest BCUT2D eigenvalue weighted by molar-refractivity contribution is 5.83. The van der Waals surface area contributed by atoms with Crippen LogP contribution in [0.1, 0.15) is 25.3 Å². The molecule has 4 rings (SSSR count). The van der Waals surface area contributed by atoms with Crippen LogP contribution in [-0.2, 0) is 7.05 Å². The first-order valence-electron chi connectivity index (χ1n) is 7.91. The van der Waals surface area contributed by atoms with Gasteiger partial charge in [-0.3, -0.25) is 4.68 Å². The van der Waals surface area contributed by atoms with Crippen molar-refractivity contribution in [2.45, 2.75) is 19.8 Å². The van der Waals surface area contributed by atoms with Crippen molar-refractivity contribution in [3.63, 3.8) is 0 Å². The van der Waals surface area contributed by atoms with Gasteiger partial charge in [-0.2, -0.15) is 5.10 Å². The molecule has 1 aromatic carbocycles. The Bertz CT molecular complexity index is 1140. The molecule has 0 amide bonds. The molecule has 0 bridgehead atoms. The molecule has 0 saturated heterocycles. The fraction of sp³-hybridized carbons (Fsp3) is 0.222. The molecule has 4 aromatic rings. The van der Waals surface area contributed by atoms with Gasteiger partial charge in [-0.15, -0.1) is 0 Å². The third kappa shape index (κ3) is 2.63. The summed E-state index contributed by atoms with van der Waals surface area (Å²) in [5.74, 6) is 1.15. The second-order valence-electron chi connectivity index (χ2n) is 6.12. The van der Waals surface area contributed by atoms with Crippen LogP contribution in [0.3, 0.4) is 0 Å². The maximum Gasteiger partial charge on any atom is 0.336 e. The number of aromatic nitrogens is 4. The molecule has 0 aliphatic heterocycles. The standard InChI is InChI=1S/C18H16N4O3/c1-10(2)13-7-16(23)25-15-6-11(4-5-12(13)15)24-18-14-8-21-22(3)17(14)19-9-20-18/h4-10H,1-3H3. The molecule has 7 nitrogen and oxygen atoms in total. The fourth-order valence-corrected chi connectivity index (χ4v) is 2.84. The van der Waals surface area contributed by atoms with Crippen LogP contribution < -0.4 is 10.4 Å². The topological polar surface area (TPSA) is 83.0 Å². The number of fused-ring (bicyclic) bond motifs is 2. The van der Waals surface area contributed by atoms with E-state index in [1.807, 2.05) is 26.0 Å². The normalized spacial score (nSPS) is 11.5. The zero-order chi connectivity index (χ0) is 17.6. The van der Waals surface area contributed by atoms with Crippen LogP contribution in [0, 0.1) is 0 Å². The molecule has 0 saturated carbocycles. The Morgan fingerprint density at radius 2 is 2.00 bits per heavy atom. The van der Waals surface area contributed by atoms with E-state index in [-0.39, 0.29) is 11.5 Å². The van der Waals surface area contributed by atoms with Crippen molar-refractivity contribution in [3.8, 4) is 11.6 Å². The van der Waals surface area contributed by atoms with E-state index in [9.17, 15) is 4.79 Å². The van der Waals surface area contributed by atoms with E-state index in [0.29, 0.717) is 28.2 Å². The first-order chi connectivity index (χ1) is 12.0. The third-order valence-electron chi connectivity index (χ3n) is 4.08. The molecule has 0 fully saturated rings. The summed E-state index contributed by atoms with van der Waals surface area (Å²) in [6.45, 7) is 4.08. The number of hydrogen-bond donors (Lipinski definition) is 0. The van der Waals surface area contributed by atoms with Crippen molar-refractivity contribution in [2.24, 2.45) is 7.05 Å². The average Bonchev–Trinajstić information content (AvgIpc) is 2.96. The molecular formula is C18H16N4O3. The van der Waals surface area contributed by atoms with Gasteiger partial charge in [0.05, 0.1) is 6.20 Å². The minimum absolute atomic E-state index is 0.218. The Kier molecular flexibility index (Phi) is 3.49. The molecule has 0 atom stereocenters. The first-order valence-corrected chi connectivity index (χ1v) is 7.91. The van der Waals surface area contributed by atoms with E-state index in [1.54, 1.807) is 24.0 Å². The second kappa shape index (κ2) is 5.70. The number of ether oxygens (including phenoxy) is 1. The lowest BCUT2D eigenvalue weighted by atomic mass is 10.00. The van der Waals surface area contributed by atoms with E-state index < -0.39 is 0 Å². The van der Waals surface area contributed by atoms with E-state index in [2.05, 4.69) is 15.1 Å². The van der Waals surface area contributed by atoms with Crippen molar-refractivity contribution in [3.05, 3.63) is 52.8 Å². The van der Waals surface area contributed by atoms with Gasteiger partial charge in [0, 0.05) is 24.6 Å². The van der Waals surface area contributed by atoms with Crippen LogP contribution in [0.2, 0.25) is 0 Å². The number of hydrogen-bond acceptors (Lipinski definition) is 6. The first kappa shape index (κ1) is 15.3. The maximum absolute atomic E-state index is 11.8. The molecule has 0 aliphatic rings. The van der Waals surface area contributed by atoms with Crippen molar-refractivity contribution in [1.29, 1.82) is 0 Å². The smallest absolute Gasteiger partial charge is 0.336 e. The highest BCUT2D eigenvalue weighted by Gasteiger charge is 2.13. The molecule has 0 N–H and O–H groups in total. The summed E-state index contributed by atoms with van der Waals surface area (Å²) < 4.78 is 12.9. The Morgan fingerprint density at radius 3 is 2.80 bits per heavy atom. The lowest BCUT2D eigenvalue weighted by molar-refractivity contribution is 0.466. The molecule has 25 heavy (non-hydrogen) atoms. The molecule has 0 unspecified atom stereocenters. The SMILES string of the molecule is CC(C)c1cc(=O)oc2cc(Oc3ncnc4c3cnn4C)ccc12. The van der Waals surface area contributed by atoms with Gasteiger partial charge >= 0.3 is 5.63 Å².